The molecule has 0 spiro atoms. The molecule has 6 N–H and O–H groups in total. The monoisotopic (exact) mass is 453 g/mol. The first kappa shape index (κ1) is 18.8. The summed E-state index contributed by atoms with van der Waals surface area (Å²) in [4.78, 5) is 12.4. The molecular weight excluding hydrogens is 438 g/mol. The van der Waals surface area contributed by atoms with Gasteiger partial charge in [-0.15, -0.1) is 0 Å². The molecule has 3 aromatic heterocycles. The normalized spacial score (nSPS) is 25.1. The van der Waals surface area contributed by atoms with Crippen LogP contribution in [0.3, 0.4) is 0 Å². The van der Waals surface area contributed by atoms with E-state index in [2.05, 4.69) is 41.4 Å². The number of nitrogens with two attached hydrogens (primary N) is 1. The van der Waals surface area contributed by atoms with Crippen molar-refractivity contribution < 1.29 is 24.5 Å². The van der Waals surface area contributed by atoms with Crippen molar-refractivity contribution in [3.63, 3.8) is 0 Å². The summed E-state index contributed by atoms with van der Waals surface area (Å²) in [7, 11) is 0. The van der Waals surface area contributed by atoms with Gasteiger partial charge in [-0.25, -0.2) is 20.4 Å². The van der Waals surface area contributed by atoms with E-state index in [0.29, 0.717) is 10.4 Å². The van der Waals surface area contributed by atoms with Crippen LogP contribution >= 0.6 is 15.9 Å². The van der Waals surface area contributed by atoms with Crippen LogP contribution in [0.25, 0.3) is 11.2 Å². The Bertz CT molecular complexity index is 1020. The number of aliphatic hydroxyl groups excluding tert-OH is 3. The molecule has 0 amide bonds. The molecule has 3 aromatic rings. The van der Waals surface area contributed by atoms with Crippen LogP contribution in [0.2, 0.25) is 0 Å². The number of imidazole rings is 1. The maximum absolute atomic E-state index is 10.4. The van der Waals surface area contributed by atoms with E-state index in [1.165, 1.54) is 17.1 Å². The predicted octanol–water partition coefficient (Wildman–Crippen LogP) is -0.179. The first-order valence-electron chi connectivity index (χ1n) is 8.15. The van der Waals surface area contributed by atoms with Gasteiger partial charge in [-0.05, 0) is 28.1 Å². The number of nitrogens with one attached hydrogen (secondary N) is 1. The fraction of sp³-hybridized carbons (Fsp3) is 0.333. The summed E-state index contributed by atoms with van der Waals surface area (Å²) in [5.41, 5.74) is 9.12. The summed E-state index contributed by atoms with van der Waals surface area (Å²) >= 11 is 3.20. The molecule has 0 radical (unpaired) electrons. The van der Waals surface area contributed by atoms with Gasteiger partial charge in [-0.2, -0.15) is 5.10 Å². The SMILES string of the molecule is Nc1ncnc2c1nc(N/N=C/c1ccc(Br)o1)n2[C@@H]1O[C@H](CO)[C@@H](O)[C@@H]1O. The summed E-state index contributed by atoms with van der Waals surface area (Å²) in [5, 5.41) is 33.9. The van der Waals surface area contributed by atoms with Gasteiger partial charge in [-0.3, -0.25) is 4.57 Å². The molecular formula is C15H16BrN7O5. The lowest BCUT2D eigenvalue weighted by Gasteiger charge is -2.18. The van der Waals surface area contributed by atoms with Gasteiger partial charge in [-0.1, -0.05) is 0 Å². The van der Waals surface area contributed by atoms with Gasteiger partial charge in [0.15, 0.2) is 27.9 Å². The van der Waals surface area contributed by atoms with E-state index in [9.17, 15) is 15.3 Å². The molecule has 28 heavy (non-hydrogen) atoms. The molecule has 4 heterocycles. The number of hydrazone groups is 1. The van der Waals surface area contributed by atoms with Gasteiger partial charge in [0.2, 0.25) is 5.95 Å². The smallest absolute Gasteiger partial charge is 0.228 e. The van der Waals surface area contributed by atoms with E-state index in [1.807, 2.05) is 0 Å². The number of hydrogen-bond acceptors (Lipinski definition) is 11. The summed E-state index contributed by atoms with van der Waals surface area (Å²) in [6, 6.07) is 3.42. The van der Waals surface area contributed by atoms with E-state index in [0.717, 1.165) is 0 Å². The van der Waals surface area contributed by atoms with Crippen LogP contribution in [-0.2, 0) is 4.74 Å². The molecule has 0 unspecified atom stereocenters. The molecule has 4 atom stereocenters. The van der Waals surface area contributed by atoms with Gasteiger partial charge in [0.05, 0.1) is 12.8 Å². The van der Waals surface area contributed by atoms with Crippen LogP contribution < -0.4 is 11.2 Å². The number of fused-ring (bicyclic) bond motifs is 1. The maximum Gasteiger partial charge on any atom is 0.228 e. The lowest BCUT2D eigenvalue weighted by atomic mass is 10.1. The Morgan fingerprint density at radius 3 is 2.82 bits per heavy atom. The minimum absolute atomic E-state index is 0.123. The van der Waals surface area contributed by atoms with Crippen molar-refractivity contribution in [2.75, 3.05) is 17.8 Å². The Morgan fingerprint density at radius 1 is 1.32 bits per heavy atom. The molecule has 4 rings (SSSR count). The number of anilines is 2. The number of halogens is 1. The topological polar surface area (TPSA) is 177 Å². The molecule has 1 saturated heterocycles. The molecule has 0 saturated carbocycles. The maximum atomic E-state index is 10.4. The fourth-order valence-electron chi connectivity index (χ4n) is 2.89. The van der Waals surface area contributed by atoms with E-state index in [4.69, 9.17) is 14.9 Å². The van der Waals surface area contributed by atoms with Gasteiger partial charge < -0.3 is 30.2 Å². The minimum atomic E-state index is -1.34. The molecule has 1 fully saturated rings. The van der Waals surface area contributed by atoms with Crippen molar-refractivity contribution in [2.45, 2.75) is 24.5 Å². The number of aromatic nitrogens is 4. The van der Waals surface area contributed by atoms with E-state index in [-0.39, 0.29) is 22.9 Å². The number of nitrogen functional groups attached to an aromatic ring is 1. The summed E-state index contributed by atoms with van der Waals surface area (Å²) < 4.78 is 12.9. The van der Waals surface area contributed by atoms with Crippen molar-refractivity contribution >= 4 is 45.1 Å². The third-order valence-corrected chi connectivity index (χ3v) is 4.65. The molecule has 148 valence electrons. The second kappa shape index (κ2) is 7.44. The van der Waals surface area contributed by atoms with E-state index in [1.54, 1.807) is 12.1 Å². The highest BCUT2D eigenvalue weighted by atomic mass is 79.9. The van der Waals surface area contributed by atoms with Gasteiger partial charge in [0.25, 0.3) is 0 Å². The highest BCUT2D eigenvalue weighted by Gasteiger charge is 2.45. The first-order chi connectivity index (χ1) is 13.5. The number of aliphatic hydroxyl groups is 3. The predicted molar refractivity (Wildman–Crippen MR) is 100 cm³/mol. The molecule has 1 aliphatic rings. The zero-order valence-electron chi connectivity index (χ0n) is 14.2. The summed E-state index contributed by atoms with van der Waals surface area (Å²) in [6.45, 7) is -0.466. The quantitative estimate of drug-likeness (QED) is 0.257. The highest BCUT2D eigenvalue weighted by Crippen LogP contribution is 2.35. The van der Waals surface area contributed by atoms with Crippen molar-refractivity contribution in [3.8, 4) is 0 Å². The summed E-state index contributed by atoms with van der Waals surface area (Å²) in [6.07, 6.45) is -2.01. The number of nitrogens with zero attached hydrogens (tertiary/aromatic N) is 5. The standard InChI is InChI=1S/C15H16BrN7O5/c16-8-2-1-6(27-8)3-20-22-15-21-9-12(17)18-5-19-13(9)23(15)14-11(26)10(25)7(4-24)28-14/h1-3,5,7,10-11,14,24-26H,4H2,(H,21,22)(H2,17,18,19)/b20-3+/t7-,10-,11+,14-/m1/s1. The van der Waals surface area contributed by atoms with Crippen LogP contribution in [0, 0.1) is 0 Å². The number of rotatable bonds is 5. The zero-order chi connectivity index (χ0) is 19.8. The van der Waals surface area contributed by atoms with Gasteiger partial charge in [0, 0.05) is 0 Å². The largest absolute Gasteiger partial charge is 0.448 e. The average molecular weight is 454 g/mol. The average Bonchev–Trinajstić information content (AvgIpc) is 3.33. The van der Waals surface area contributed by atoms with E-state index >= 15 is 0 Å². The minimum Gasteiger partial charge on any atom is -0.448 e. The Hall–Kier alpha value is -2.58. The van der Waals surface area contributed by atoms with Crippen LogP contribution in [0.4, 0.5) is 11.8 Å². The van der Waals surface area contributed by atoms with Crippen molar-refractivity contribution in [1.29, 1.82) is 0 Å². The first-order valence-corrected chi connectivity index (χ1v) is 8.94. The number of furan rings is 1. The second-order valence-electron chi connectivity index (χ2n) is 5.98. The molecule has 1 aliphatic heterocycles. The molecule has 0 bridgehead atoms. The number of ether oxygens (including phenoxy) is 1. The van der Waals surface area contributed by atoms with Gasteiger partial charge >= 0.3 is 0 Å². The van der Waals surface area contributed by atoms with Crippen molar-refractivity contribution in [1.82, 2.24) is 19.5 Å². The molecule has 12 nitrogen and oxygen atoms in total. The highest BCUT2D eigenvalue weighted by molar-refractivity contribution is 9.10. The van der Waals surface area contributed by atoms with E-state index < -0.39 is 31.1 Å². The second-order valence-corrected chi connectivity index (χ2v) is 6.76. The van der Waals surface area contributed by atoms with Crippen molar-refractivity contribution in [3.05, 3.63) is 28.9 Å². The molecule has 0 aromatic carbocycles. The van der Waals surface area contributed by atoms with Crippen LogP contribution in [0.1, 0.15) is 12.0 Å². The number of hydrogen-bond donors (Lipinski definition) is 5. The van der Waals surface area contributed by atoms with Gasteiger partial charge in [0.1, 0.15) is 30.4 Å². The lowest BCUT2D eigenvalue weighted by Crippen LogP contribution is -2.33. The summed E-state index contributed by atoms with van der Waals surface area (Å²) in [5.74, 6) is 0.741. The van der Waals surface area contributed by atoms with Crippen molar-refractivity contribution in [2.24, 2.45) is 5.10 Å². The van der Waals surface area contributed by atoms with Crippen LogP contribution in [0.15, 0.2) is 32.6 Å². The Balaban J connectivity index is 1.72. The molecule has 0 aliphatic carbocycles. The Morgan fingerprint density at radius 2 is 2.14 bits per heavy atom. The Labute approximate surface area is 165 Å². The third kappa shape index (κ3) is 3.22. The Kier molecular flexibility index (Phi) is 4.99. The third-order valence-electron chi connectivity index (χ3n) is 4.23. The van der Waals surface area contributed by atoms with Crippen LogP contribution in [-0.4, -0.2) is 66.0 Å². The zero-order valence-corrected chi connectivity index (χ0v) is 15.8. The fourth-order valence-corrected chi connectivity index (χ4v) is 3.21. The lowest BCUT2D eigenvalue weighted by molar-refractivity contribution is -0.0501. The van der Waals surface area contributed by atoms with Crippen LogP contribution in [0.5, 0.6) is 0 Å². The molecule has 13 heteroatoms.